The first kappa shape index (κ1) is 17.1. The van der Waals surface area contributed by atoms with Crippen molar-refractivity contribution in [3.8, 4) is 0 Å². The lowest BCUT2D eigenvalue weighted by molar-refractivity contribution is -0.125. The van der Waals surface area contributed by atoms with Crippen molar-refractivity contribution in [2.24, 2.45) is 5.92 Å². The molecule has 26 heavy (non-hydrogen) atoms. The van der Waals surface area contributed by atoms with Gasteiger partial charge in [-0.15, -0.1) is 0 Å². The number of carbonyl (C=O) groups is 1. The maximum atomic E-state index is 12.7. The Kier molecular flexibility index (Phi) is 5.21. The molecule has 2 saturated heterocycles. The van der Waals surface area contributed by atoms with E-state index in [2.05, 4.69) is 44.2 Å². The average molecular weight is 353 g/mol. The summed E-state index contributed by atoms with van der Waals surface area (Å²) in [6.07, 6.45) is -0.0173. The summed E-state index contributed by atoms with van der Waals surface area (Å²) in [6.45, 7) is 1.11. The maximum Gasteiger partial charge on any atom is 0.226 e. The molecule has 2 fully saturated rings. The molecule has 0 aliphatic carbocycles. The van der Waals surface area contributed by atoms with Crippen molar-refractivity contribution >= 4 is 5.91 Å². The minimum atomic E-state index is -0.146. The second kappa shape index (κ2) is 7.92. The Morgan fingerprint density at radius 3 is 2.54 bits per heavy atom. The van der Waals surface area contributed by atoms with Gasteiger partial charge in [-0.1, -0.05) is 54.6 Å². The Hall–Kier alpha value is -2.33. The predicted molar refractivity (Wildman–Crippen MR) is 97.4 cm³/mol. The summed E-state index contributed by atoms with van der Waals surface area (Å²) in [4.78, 5) is 12.7. The highest BCUT2D eigenvalue weighted by Crippen LogP contribution is 2.24. The van der Waals surface area contributed by atoms with Gasteiger partial charge in [-0.3, -0.25) is 10.2 Å². The van der Waals surface area contributed by atoms with Crippen molar-refractivity contribution in [2.45, 2.75) is 18.8 Å². The first-order chi connectivity index (χ1) is 12.8. The van der Waals surface area contributed by atoms with E-state index in [4.69, 9.17) is 0 Å². The lowest BCUT2D eigenvalue weighted by atomic mass is 9.94. The van der Waals surface area contributed by atoms with Crippen LogP contribution in [0.5, 0.6) is 0 Å². The molecule has 2 unspecified atom stereocenters. The van der Waals surface area contributed by atoms with Crippen LogP contribution in [0.3, 0.4) is 0 Å². The fourth-order valence-electron chi connectivity index (χ4n) is 3.34. The van der Waals surface area contributed by atoms with E-state index >= 15 is 0 Å². The van der Waals surface area contributed by atoms with Crippen molar-refractivity contribution in [3.05, 3.63) is 71.3 Å². The summed E-state index contributed by atoms with van der Waals surface area (Å²) in [5.41, 5.74) is 21.3. The molecular formula is C18H23N7O. The van der Waals surface area contributed by atoms with Crippen molar-refractivity contribution in [2.75, 3.05) is 6.54 Å². The molecule has 8 nitrogen and oxygen atoms in total. The molecule has 2 aliphatic heterocycles. The molecule has 0 bridgehead atoms. The van der Waals surface area contributed by atoms with Gasteiger partial charge < -0.3 is 5.32 Å². The van der Waals surface area contributed by atoms with Crippen molar-refractivity contribution in [1.82, 2.24) is 38.1 Å². The second-order valence-electron chi connectivity index (χ2n) is 6.45. The molecule has 0 spiro atoms. The van der Waals surface area contributed by atoms with Gasteiger partial charge in [0, 0.05) is 13.1 Å². The van der Waals surface area contributed by atoms with E-state index in [1.165, 1.54) is 0 Å². The summed E-state index contributed by atoms with van der Waals surface area (Å²) < 4.78 is 0. The maximum absolute atomic E-state index is 12.7. The van der Waals surface area contributed by atoms with Crippen molar-refractivity contribution in [3.63, 3.8) is 0 Å². The summed E-state index contributed by atoms with van der Waals surface area (Å²) in [5, 5.41) is 3.07. The summed E-state index contributed by atoms with van der Waals surface area (Å²) in [5.74, 6) is -0.102. The normalized spacial score (nSPS) is 23.2. The molecule has 1 amide bonds. The number of carbonyl (C=O) groups excluding carboxylic acids is 1. The first-order valence-corrected chi connectivity index (χ1v) is 8.72. The Morgan fingerprint density at radius 2 is 1.73 bits per heavy atom. The Bertz CT molecular complexity index is 748. The van der Waals surface area contributed by atoms with E-state index in [0.29, 0.717) is 13.1 Å². The molecule has 2 aromatic carbocycles. The van der Waals surface area contributed by atoms with Crippen LogP contribution in [0.25, 0.3) is 0 Å². The van der Waals surface area contributed by atoms with Crippen molar-refractivity contribution in [1.29, 1.82) is 0 Å². The molecule has 0 aromatic heterocycles. The number of nitrogens with one attached hydrogen (secondary N) is 7. The Balaban J connectivity index is 1.38. The average Bonchev–Trinajstić information content (AvgIpc) is 3.39. The van der Waals surface area contributed by atoms with Gasteiger partial charge in [-0.25, -0.2) is 16.3 Å². The van der Waals surface area contributed by atoms with Crippen LogP contribution in [0.1, 0.15) is 28.9 Å². The van der Waals surface area contributed by atoms with Crippen LogP contribution in [0.2, 0.25) is 0 Å². The molecule has 8 heteroatoms. The van der Waals surface area contributed by atoms with Crippen LogP contribution >= 0.6 is 0 Å². The van der Waals surface area contributed by atoms with Crippen LogP contribution in [-0.4, -0.2) is 12.5 Å². The number of hydrogen-bond acceptors (Lipinski definition) is 7. The van der Waals surface area contributed by atoms with Crippen LogP contribution in [-0.2, 0) is 11.3 Å². The third-order valence-corrected chi connectivity index (χ3v) is 4.72. The fraction of sp³-hybridized carbons (Fsp3) is 0.278. The monoisotopic (exact) mass is 353 g/mol. The van der Waals surface area contributed by atoms with E-state index < -0.39 is 0 Å². The summed E-state index contributed by atoms with van der Waals surface area (Å²) in [7, 11) is 0. The third-order valence-electron chi connectivity index (χ3n) is 4.72. The van der Waals surface area contributed by atoms with Gasteiger partial charge in [0.05, 0.1) is 12.0 Å². The van der Waals surface area contributed by atoms with Crippen LogP contribution in [0, 0.1) is 5.92 Å². The standard InChI is InChI=1S/C18H23N7O/c26-18(15-11-20-21-16(15)13-6-2-1-3-7-13)19-10-12-5-4-8-14(9-12)17-22-24-25-23-17/h1-9,15-17,20-25H,10-11H2,(H,19,26). The fourth-order valence-corrected chi connectivity index (χ4v) is 3.34. The highest BCUT2D eigenvalue weighted by molar-refractivity contribution is 5.80. The molecule has 4 rings (SSSR count). The third kappa shape index (κ3) is 3.75. The molecule has 2 atom stereocenters. The van der Waals surface area contributed by atoms with E-state index in [1.54, 1.807) is 0 Å². The van der Waals surface area contributed by atoms with Gasteiger partial charge in [-0.05, 0) is 16.7 Å². The summed E-state index contributed by atoms with van der Waals surface area (Å²) in [6, 6.07) is 18.1. The van der Waals surface area contributed by atoms with Crippen LogP contribution in [0.4, 0.5) is 0 Å². The molecule has 2 aliphatic rings. The molecule has 7 N–H and O–H groups in total. The van der Waals surface area contributed by atoms with E-state index in [-0.39, 0.29) is 24.0 Å². The molecule has 2 aromatic rings. The van der Waals surface area contributed by atoms with E-state index in [1.807, 2.05) is 48.5 Å². The lowest BCUT2D eigenvalue weighted by Gasteiger charge is -2.18. The van der Waals surface area contributed by atoms with Gasteiger partial charge in [0.2, 0.25) is 5.91 Å². The van der Waals surface area contributed by atoms with Crippen molar-refractivity contribution < 1.29 is 4.79 Å². The van der Waals surface area contributed by atoms with Gasteiger partial charge in [0.25, 0.3) is 0 Å². The lowest BCUT2D eigenvalue weighted by Crippen LogP contribution is -2.34. The molecular weight excluding hydrogens is 330 g/mol. The van der Waals surface area contributed by atoms with Crippen LogP contribution < -0.4 is 38.1 Å². The number of rotatable bonds is 5. The minimum absolute atomic E-state index is 0.0173. The first-order valence-electron chi connectivity index (χ1n) is 8.72. The zero-order valence-corrected chi connectivity index (χ0v) is 14.3. The number of benzene rings is 2. The van der Waals surface area contributed by atoms with E-state index in [0.717, 1.165) is 16.7 Å². The van der Waals surface area contributed by atoms with Gasteiger partial charge >= 0.3 is 0 Å². The molecule has 2 heterocycles. The van der Waals surface area contributed by atoms with Gasteiger partial charge in [0.1, 0.15) is 6.17 Å². The zero-order valence-electron chi connectivity index (χ0n) is 14.3. The SMILES string of the molecule is O=C(NCc1cccc(C2NNNN2)c1)C1CNNC1c1ccccc1. The Morgan fingerprint density at radius 1 is 0.962 bits per heavy atom. The van der Waals surface area contributed by atoms with Gasteiger partial charge in [-0.2, -0.15) is 11.1 Å². The Labute approximate surface area is 152 Å². The molecule has 0 saturated carbocycles. The summed E-state index contributed by atoms with van der Waals surface area (Å²) >= 11 is 0. The largest absolute Gasteiger partial charge is 0.352 e. The topological polar surface area (TPSA) is 101 Å². The number of amides is 1. The molecule has 0 radical (unpaired) electrons. The zero-order chi connectivity index (χ0) is 17.8. The predicted octanol–water partition coefficient (Wildman–Crippen LogP) is -0.116. The number of hydrazine groups is 4. The second-order valence-corrected chi connectivity index (χ2v) is 6.45. The van der Waals surface area contributed by atoms with Gasteiger partial charge in [0.15, 0.2) is 0 Å². The van der Waals surface area contributed by atoms with E-state index in [9.17, 15) is 4.79 Å². The molecule has 136 valence electrons. The quantitative estimate of drug-likeness (QED) is 0.402. The highest BCUT2D eigenvalue weighted by atomic mass is 16.2. The van der Waals surface area contributed by atoms with Crippen LogP contribution in [0.15, 0.2) is 54.6 Å². The highest BCUT2D eigenvalue weighted by Gasteiger charge is 2.33. The number of hydrogen-bond donors (Lipinski definition) is 7. The minimum Gasteiger partial charge on any atom is -0.352 e. The smallest absolute Gasteiger partial charge is 0.226 e.